The van der Waals surface area contributed by atoms with Crippen molar-refractivity contribution in [2.45, 2.75) is 12.9 Å². The van der Waals surface area contributed by atoms with Gasteiger partial charge >= 0.3 is 6.36 Å². The molecule has 0 N–H and O–H groups in total. The van der Waals surface area contributed by atoms with Crippen LogP contribution in [0.3, 0.4) is 0 Å². The third-order valence-corrected chi connectivity index (χ3v) is 4.69. The molecule has 8 heteroatoms. The molecule has 0 atom stereocenters. The molecule has 0 radical (unpaired) electrons. The SMILES string of the molecule is CN(Cc1ccc(OC(F)(F)F)cc1)C(=O)c1cnc(-c2ccccc2)s1. The largest absolute Gasteiger partial charge is 0.573 e. The number of halogens is 3. The number of ether oxygens (including phenoxy) is 1. The van der Waals surface area contributed by atoms with Crippen molar-refractivity contribution >= 4 is 17.2 Å². The third kappa shape index (κ3) is 5.07. The van der Waals surface area contributed by atoms with E-state index in [1.54, 1.807) is 7.05 Å². The minimum absolute atomic E-state index is 0.203. The maximum absolute atomic E-state index is 12.6. The first kappa shape index (κ1) is 18.9. The number of benzene rings is 2. The molecule has 0 spiro atoms. The molecule has 0 bridgehead atoms. The minimum Gasteiger partial charge on any atom is -0.406 e. The van der Waals surface area contributed by atoms with Crippen LogP contribution in [-0.2, 0) is 6.54 Å². The summed E-state index contributed by atoms with van der Waals surface area (Å²) in [7, 11) is 1.63. The lowest BCUT2D eigenvalue weighted by atomic mass is 10.2. The molecule has 0 aliphatic heterocycles. The molecular formula is C19H15F3N2O2S. The molecule has 2 aromatic carbocycles. The average Bonchev–Trinajstić information content (AvgIpc) is 3.12. The van der Waals surface area contributed by atoms with Gasteiger partial charge in [-0.1, -0.05) is 42.5 Å². The van der Waals surface area contributed by atoms with Crippen LogP contribution in [0.5, 0.6) is 5.75 Å². The number of thiazole rings is 1. The fourth-order valence-electron chi connectivity index (χ4n) is 2.42. The van der Waals surface area contributed by atoms with E-state index in [0.717, 1.165) is 10.6 Å². The van der Waals surface area contributed by atoms with E-state index in [1.165, 1.54) is 46.7 Å². The Kier molecular flexibility index (Phi) is 5.46. The molecule has 0 saturated heterocycles. The highest BCUT2D eigenvalue weighted by atomic mass is 32.1. The first-order chi connectivity index (χ1) is 12.8. The van der Waals surface area contributed by atoms with Crippen LogP contribution in [0.2, 0.25) is 0 Å². The van der Waals surface area contributed by atoms with E-state index in [4.69, 9.17) is 0 Å². The molecule has 0 aliphatic rings. The number of aromatic nitrogens is 1. The first-order valence-electron chi connectivity index (χ1n) is 7.93. The number of carbonyl (C=O) groups is 1. The molecule has 1 amide bonds. The van der Waals surface area contributed by atoms with Gasteiger partial charge < -0.3 is 9.64 Å². The molecule has 0 fully saturated rings. The molecular weight excluding hydrogens is 377 g/mol. The summed E-state index contributed by atoms with van der Waals surface area (Å²) in [5.74, 6) is -0.500. The van der Waals surface area contributed by atoms with Gasteiger partial charge in [0.2, 0.25) is 0 Å². The van der Waals surface area contributed by atoms with Crippen LogP contribution in [0, 0.1) is 0 Å². The Morgan fingerprint density at radius 3 is 2.41 bits per heavy atom. The Balaban J connectivity index is 1.65. The van der Waals surface area contributed by atoms with Crippen LogP contribution in [0.15, 0.2) is 60.8 Å². The lowest BCUT2D eigenvalue weighted by Crippen LogP contribution is -2.25. The van der Waals surface area contributed by atoms with Gasteiger partial charge in [-0.15, -0.1) is 24.5 Å². The number of hydrogen-bond donors (Lipinski definition) is 0. The molecule has 0 unspecified atom stereocenters. The molecule has 140 valence electrons. The summed E-state index contributed by atoms with van der Waals surface area (Å²) < 4.78 is 40.4. The van der Waals surface area contributed by atoms with Gasteiger partial charge in [-0.3, -0.25) is 4.79 Å². The zero-order valence-electron chi connectivity index (χ0n) is 14.2. The summed E-state index contributed by atoms with van der Waals surface area (Å²) in [6, 6.07) is 15.0. The van der Waals surface area contributed by atoms with Gasteiger partial charge in [0.1, 0.15) is 15.6 Å². The van der Waals surface area contributed by atoms with Crippen molar-refractivity contribution in [3.63, 3.8) is 0 Å². The average molecular weight is 392 g/mol. The number of amides is 1. The highest BCUT2D eigenvalue weighted by Crippen LogP contribution is 2.26. The van der Waals surface area contributed by atoms with Gasteiger partial charge in [-0.25, -0.2) is 4.98 Å². The lowest BCUT2D eigenvalue weighted by molar-refractivity contribution is -0.274. The lowest BCUT2D eigenvalue weighted by Gasteiger charge is -2.16. The first-order valence-corrected chi connectivity index (χ1v) is 8.75. The minimum atomic E-state index is -4.73. The van der Waals surface area contributed by atoms with Crippen LogP contribution >= 0.6 is 11.3 Å². The predicted octanol–water partition coefficient (Wildman–Crippen LogP) is 4.98. The highest BCUT2D eigenvalue weighted by molar-refractivity contribution is 7.16. The van der Waals surface area contributed by atoms with Crippen molar-refractivity contribution < 1.29 is 22.7 Å². The second-order valence-corrected chi connectivity index (χ2v) is 6.78. The van der Waals surface area contributed by atoms with E-state index in [0.29, 0.717) is 10.4 Å². The van der Waals surface area contributed by atoms with E-state index < -0.39 is 6.36 Å². The van der Waals surface area contributed by atoms with Crippen LogP contribution < -0.4 is 4.74 Å². The van der Waals surface area contributed by atoms with Gasteiger partial charge in [0, 0.05) is 19.2 Å². The Hall–Kier alpha value is -2.87. The van der Waals surface area contributed by atoms with Crippen LogP contribution in [0.25, 0.3) is 10.6 Å². The molecule has 27 heavy (non-hydrogen) atoms. The summed E-state index contributed by atoms with van der Waals surface area (Å²) in [6.45, 7) is 0.254. The van der Waals surface area contributed by atoms with Crippen LogP contribution in [-0.4, -0.2) is 29.2 Å². The van der Waals surface area contributed by atoms with Gasteiger partial charge in [-0.2, -0.15) is 0 Å². The number of carbonyl (C=O) groups excluding carboxylic acids is 1. The zero-order valence-corrected chi connectivity index (χ0v) is 15.1. The maximum atomic E-state index is 12.6. The number of rotatable bonds is 5. The standard InChI is InChI=1S/C19H15F3N2O2S/c1-24(12-13-7-9-15(10-8-13)26-19(20,21)22)18(25)16-11-23-17(27-16)14-5-3-2-4-6-14/h2-11H,12H2,1H3. The fraction of sp³-hybridized carbons (Fsp3) is 0.158. The molecule has 4 nitrogen and oxygen atoms in total. The highest BCUT2D eigenvalue weighted by Gasteiger charge is 2.31. The Bertz CT molecular complexity index is 909. The predicted molar refractivity (Wildman–Crippen MR) is 96.5 cm³/mol. The summed E-state index contributed by atoms with van der Waals surface area (Å²) in [5, 5.41) is 0.751. The van der Waals surface area contributed by atoms with Gasteiger partial charge in [0.05, 0.1) is 6.20 Å². The quantitative estimate of drug-likeness (QED) is 0.615. The summed E-state index contributed by atoms with van der Waals surface area (Å²) in [4.78, 5) is 18.8. The third-order valence-electron chi connectivity index (χ3n) is 3.66. The maximum Gasteiger partial charge on any atom is 0.573 e. The topological polar surface area (TPSA) is 42.4 Å². The molecule has 1 heterocycles. The van der Waals surface area contributed by atoms with Crippen molar-refractivity contribution in [2.75, 3.05) is 7.05 Å². The van der Waals surface area contributed by atoms with E-state index >= 15 is 0 Å². The van der Waals surface area contributed by atoms with E-state index in [-0.39, 0.29) is 18.2 Å². The second kappa shape index (κ2) is 7.79. The van der Waals surface area contributed by atoms with Gasteiger partial charge in [0.25, 0.3) is 5.91 Å². The number of alkyl halides is 3. The smallest absolute Gasteiger partial charge is 0.406 e. The molecule has 3 rings (SSSR count). The van der Waals surface area contributed by atoms with Gasteiger partial charge in [0.15, 0.2) is 0 Å². The Labute approximate surface area is 157 Å². The van der Waals surface area contributed by atoms with E-state index in [2.05, 4.69) is 9.72 Å². The van der Waals surface area contributed by atoms with Gasteiger partial charge in [-0.05, 0) is 17.7 Å². The number of nitrogens with zero attached hydrogens (tertiary/aromatic N) is 2. The molecule has 1 aromatic heterocycles. The molecule has 0 aliphatic carbocycles. The van der Waals surface area contributed by atoms with Crippen molar-refractivity contribution in [3.8, 4) is 16.3 Å². The van der Waals surface area contributed by atoms with E-state index in [1.807, 2.05) is 30.3 Å². The Morgan fingerprint density at radius 1 is 1.11 bits per heavy atom. The summed E-state index contributed by atoms with van der Waals surface area (Å²) >= 11 is 1.29. The van der Waals surface area contributed by atoms with Crippen molar-refractivity contribution in [1.82, 2.24) is 9.88 Å². The monoisotopic (exact) mass is 392 g/mol. The van der Waals surface area contributed by atoms with Crippen molar-refractivity contribution in [2.24, 2.45) is 0 Å². The summed E-state index contributed by atoms with van der Waals surface area (Å²) in [6.07, 6.45) is -3.19. The zero-order chi connectivity index (χ0) is 19.4. The van der Waals surface area contributed by atoms with Crippen molar-refractivity contribution in [1.29, 1.82) is 0 Å². The normalized spacial score (nSPS) is 11.3. The molecule has 0 saturated carbocycles. The summed E-state index contributed by atoms with van der Waals surface area (Å²) in [5.41, 5.74) is 1.62. The van der Waals surface area contributed by atoms with Crippen LogP contribution in [0.1, 0.15) is 15.2 Å². The number of hydrogen-bond acceptors (Lipinski definition) is 4. The van der Waals surface area contributed by atoms with Crippen LogP contribution in [0.4, 0.5) is 13.2 Å². The molecule has 3 aromatic rings. The van der Waals surface area contributed by atoms with Crippen molar-refractivity contribution in [3.05, 3.63) is 71.2 Å². The fourth-order valence-corrected chi connectivity index (χ4v) is 3.33. The van der Waals surface area contributed by atoms with E-state index in [9.17, 15) is 18.0 Å². The Morgan fingerprint density at radius 2 is 1.78 bits per heavy atom. The second-order valence-electron chi connectivity index (χ2n) is 5.75.